The van der Waals surface area contributed by atoms with Gasteiger partial charge in [0.05, 0.1) is 12.6 Å². The topological polar surface area (TPSA) is 79.8 Å². The first kappa shape index (κ1) is 21.2. The predicted molar refractivity (Wildman–Crippen MR) is 105 cm³/mol. The van der Waals surface area contributed by atoms with Crippen LogP contribution in [0.25, 0.3) is 0 Å². The summed E-state index contributed by atoms with van der Waals surface area (Å²) in [5.74, 6) is -1.57. The Labute approximate surface area is 169 Å². The van der Waals surface area contributed by atoms with Gasteiger partial charge in [-0.25, -0.2) is 13.6 Å². The van der Waals surface area contributed by atoms with Crippen molar-refractivity contribution in [1.82, 2.24) is 10.6 Å². The van der Waals surface area contributed by atoms with Crippen LogP contribution in [-0.4, -0.2) is 36.5 Å². The summed E-state index contributed by atoms with van der Waals surface area (Å²) < 4.78 is 31.4. The average Bonchev–Trinajstić information content (AvgIpc) is 3.49. The Morgan fingerprint density at radius 2 is 1.83 bits per heavy atom. The third-order valence-corrected chi connectivity index (χ3v) is 5.25. The smallest absolute Gasteiger partial charge is 0.407 e. The van der Waals surface area contributed by atoms with Crippen molar-refractivity contribution >= 4 is 17.8 Å². The van der Waals surface area contributed by atoms with Crippen LogP contribution >= 0.6 is 0 Å². The molecule has 2 amide bonds. The number of hydrogen-bond acceptors (Lipinski definition) is 4. The van der Waals surface area contributed by atoms with Crippen molar-refractivity contribution < 1.29 is 23.1 Å². The number of hydrogen-bond donors (Lipinski definition) is 2. The minimum Gasteiger partial charge on any atom is -0.450 e. The van der Waals surface area contributed by atoms with E-state index in [1.807, 2.05) is 0 Å². The minimum absolute atomic E-state index is 0.0646. The van der Waals surface area contributed by atoms with E-state index in [1.54, 1.807) is 6.92 Å². The molecule has 0 aliphatic heterocycles. The molecule has 0 spiro atoms. The Kier molecular flexibility index (Phi) is 7.17. The number of amides is 2. The number of halogens is 2. The molecular formula is C21H27F2N3O3. The highest BCUT2D eigenvalue weighted by atomic mass is 19.2. The monoisotopic (exact) mass is 407 g/mol. The summed E-state index contributed by atoms with van der Waals surface area (Å²) in [6.07, 6.45) is 5.74. The van der Waals surface area contributed by atoms with E-state index >= 15 is 0 Å². The van der Waals surface area contributed by atoms with E-state index in [0.29, 0.717) is 24.8 Å². The predicted octanol–water partition coefficient (Wildman–Crippen LogP) is 3.95. The van der Waals surface area contributed by atoms with Crippen LogP contribution < -0.4 is 10.6 Å². The molecule has 2 fully saturated rings. The molecule has 2 N–H and O–H groups in total. The second-order valence-corrected chi connectivity index (χ2v) is 7.68. The number of benzene rings is 1. The van der Waals surface area contributed by atoms with Gasteiger partial charge in [0.2, 0.25) is 0 Å². The Balaban J connectivity index is 1.54. The third-order valence-electron chi connectivity index (χ3n) is 5.25. The van der Waals surface area contributed by atoms with Gasteiger partial charge in [-0.2, -0.15) is 0 Å². The number of amidine groups is 1. The van der Waals surface area contributed by atoms with Gasteiger partial charge in [-0.1, -0.05) is 0 Å². The third kappa shape index (κ3) is 6.51. The molecule has 1 aromatic rings. The molecule has 3 rings (SSSR count). The molecule has 8 heteroatoms. The van der Waals surface area contributed by atoms with Gasteiger partial charge in [-0.15, -0.1) is 0 Å². The van der Waals surface area contributed by atoms with Crippen LogP contribution in [0, 0.1) is 17.6 Å². The lowest BCUT2D eigenvalue weighted by atomic mass is 9.84. The number of carbonyl (C=O) groups is 2. The Morgan fingerprint density at radius 3 is 2.45 bits per heavy atom. The number of nitrogens with one attached hydrogen (secondary N) is 2. The molecular weight excluding hydrogens is 380 g/mol. The Morgan fingerprint density at radius 1 is 1.10 bits per heavy atom. The molecule has 0 radical (unpaired) electrons. The van der Waals surface area contributed by atoms with Crippen LogP contribution in [0.4, 0.5) is 13.6 Å². The molecule has 29 heavy (non-hydrogen) atoms. The maximum Gasteiger partial charge on any atom is 0.407 e. The first-order valence-electron chi connectivity index (χ1n) is 10.2. The van der Waals surface area contributed by atoms with Crippen molar-refractivity contribution in [2.45, 2.75) is 64.0 Å². The van der Waals surface area contributed by atoms with Gasteiger partial charge in [-0.3, -0.25) is 9.79 Å². The van der Waals surface area contributed by atoms with Crippen LogP contribution in [0.2, 0.25) is 0 Å². The molecule has 0 heterocycles. The number of rotatable bonds is 6. The van der Waals surface area contributed by atoms with Crippen LogP contribution in [0.5, 0.6) is 0 Å². The summed E-state index contributed by atoms with van der Waals surface area (Å²) in [6, 6.07) is 3.43. The molecule has 6 nitrogen and oxygen atoms in total. The van der Waals surface area contributed by atoms with E-state index in [-0.39, 0.29) is 23.7 Å². The SMILES string of the molecule is CCOC(=O)NC1CCC(CC(=NC2CC2)NC(=O)c2ccc(F)c(F)c2)CC1. The summed E-state index contributed by atoms with van der Waals surface area (Å²) in [5.41, 5.74) is 0.0646. The summed E-state index contributed by atoms with van der Waals surface area (Å²) in [6.45, 7) is 2.12. The summed E-state index contributed by atoms with van der Waals surface area (Å²) in [5, 5.41) is 5.66. The van der Waals surface area contributed by atoms with Crippen LogP contribution in [0.3, 0.4) is 0 Å². The zero-order valence-electron chi connectivity index (χ0n) is 16.5. The Bertz CT molecular complexity index is 772. The summed E-state index contributed by atoms with van der Waals surface area (Å²) >= 11 is 0. The molecule has 0 unspecified atom stereocenters. The fraction of sp³-hybridized carbons (Fsp3) is 0.571. The van der Waals surface area contributed by atoms with Gasteiger partial charge in [0.1, 0.15) is 5.84 Å². The maximum absolute atomic E-state index is 13.4. The zero-order chi connectivity index (χ0) is 20.8. The van der Waals surface area contributed by atoms with E-state index in [2.05, 4.69) is 15.6 Å². The number of aliphatic imine (C=N–C) groups is 1. The molecule has 2 aliphatic rings. The zero-order valence-corrected chi connectivity index (χ0v) is 16.5. The minimum atomic E-state index is -1.05. The van der Waals surface area contributed by atoms with E-state index in [1.165, 1.54) is 6.07 Å². The lowest BCUT2D eigenvalue weighted by Crippen LogP contribution is -2.39. The largest absolute Gasteiger partial charge is 0.450 e. The molecule has 158 valence electrons. The highest BCUT2D eigenvalue weighted by Crippen LogP contribution is 2.29. The normalized spacial score (nSPS) is 22.1. The highest BCUT2D eigenvalue weighted by Gasteiger charge is 2.27. The van der Waals surface area contributed by atoms with Crippen molar-refractivity contribution in [1.29, 1.82) is 0 Å². The van der Waals surface area contributed by atoms with E-state index in [4.69, 9.17) is 4.74 Å². The van der Waals surface area contributed by atoms with Gasteiger partial charge in [-0.05, 0) is 69.6 Å². The molecule has 2 aliphatic carbocycles. The van der Waals surface area contributed by atoms with Gasteiger partial charge in [0.15, 0.2) is 11.6 Å². The van der Waals surface area contributed by atoms with Crippen molar-refractivity contribution in [2.24, 2.45) is 10.9 Å². The van der Waals surface area contributed by atoms with Gasteiger partial charge in [0.25, 0.3) is 5.91 Å². The quantitative estimate of drug-likeness (QED) is 0.554. The molecule has 0 aromatic heterocycles. The molecule has 0 bridgehead atoms. The fourth-order valence-corrected chi connectivity index (χ4v) is 3.52. The first-order valence-corrected chi connectivity index (χ1v) is 10.2. The van der Waals surface area contributed by atoms with Crippen molar-refractivity contribution in [3.05, 3.63) is 35.4 Å². The fourth-order valence-electron chi connectivity index (χ4n) is 3.52. The summed E-state index contributed by atoms with van der Waals surface area (Å²) in [7, 11) is 0. The molecule has 1 aromatic carbocycles. The molecule has 2 saturated carbocycles. The van der Waals surface area contributed by atoms with E-state index < -0.39 is 17.5 Å². The van der Waals surface area contributed by atoms with Crippen molar-refractivity contribution in [2.75, 3.05) is 6.61 Å². The van der Waals surface area contributed by atoms with E-state index in [0.717, 1.165) is 50.7 Å². The van der Waals surface area contributed by atoms with Crippen molar-refractivity contribution in [3.8, 4) is 0 Å². The lowest BCUT2D eigenvalue weighted by Gasteiger charge is -2.29. The lowest BCUT2D eigenvalue weighted by molar-refractivity contribution is 0.0974. The molecule has 0 saturated heterocycles. The Hall–Kier alpha value is -2.51. The van der Waals surface area contributed by atoms with Crippen LogP contribution in [0.1, 0.15) is 62.2 Å². The van der Waals surface area contributed by atoms with Gasteiger partial charge >= 0.3 is 6.09 Å². The number of carbonyl (C=O) groups excluding carboxylic acids is 2. The standard InChI is InChI=1S/C21H27F2N3O3/c1-2-29-21(28)25-16-6-3-13(4-7-16)11-19(24-15-8-9-15)26-20(27)14-5-10-17(22)18(23)12-14/h5,10,12-13,15-16H,2-4,6-9,11H2,1H3,(H,25,28)(H,24,26,27). The number of nitrogens with zero attached hydrogens (tertiary/aromatic N) is 1. The molecule has 0 atom stereocenters. The summed E-state index contributed by atoms with van der Waals surface area (Å²) in [4.78, 5) is 28.6. The van der Waals surface area contributed by atoms with Crippen molar-refractivity contribution in [3.63, 3.8) is 0 Å². The number of alkyl carbamates (subject to hydrolysis) is 1. The van der Waals surface area contributed by atoms with E-state index in [9.17, 15) is 18.4 Å². The first-order chi connectivity index (χ1) is 13.9. The maximum atomic E-state index is 13.4. The second kappa shape index (κ2) is 9.80. The highest BCUT2D eigenvalue weighted by molar-refractivity contribution is 6.06. The number of ether oxygens (including phenoxy) is 1. The van der Waals surface area contributed by atoms with Crippen LogP contribution in [0.15, 0.2) is 23.2 Å². The average molecular weight is 407 g/mol. The van der Waals surface area contributed by atoms with Gasteiger partial charge in [0, 0.05) is 18.0 Å². The second-order valence-electron chi connectivity index (χ2n) is 7.68. The van der Waals surface area contributed by atoms with Crippen LogP contribution in [-0.2, 0) is 4.74 Å². The van der Waals surface area contributed by atoms with Gasteiger partial charge < -0.3 is 15.4 Å².